The van der Waals surface area contributed by atoms with E-state index in [0.29, 0.717) is 25.4 Å². The topological polar surface area (TPSA) is 107 Å². The summed E-state index contributed by atoms with van der Waals surface area (Å²) in [6.45, 7) is 5.28. The van der Waals surface area contributed by atoms with E-state index in [-0.39, 0.29) is 6.54 Å². The molecule has 1 fully saturated rings. The van der Waals surface area contributed by atoms with Crippen LogP contribution < -0.4 is 20.9 Å². The van der Waals surface area contributed by atoms with E-state index in [1.165, 1.54) is 6.42 Å². The maximum atomic E-state index is 11.7. The van der Waals surface area contributed by atoms with Gasteiger partial charge in [0.05, 0.1) is 18.8 Å². The summed E-state index contributed by atoms with van der Waals surface area (Å²) >= 11 is 0. The summed E-state index contributed by atoms with van der Waals surface area (Å²) in [5, 5.41) is 10.7. The van der Waals surface area contributed by atoms with Crippen LogP contribution in [0.5, 0.6) is 11.5 Å². The van der Waals surface area contributed by atoms with E-state index in [9.17, 15) is 14.7 Å². The van der Waals surface area contributed by atoms with Crippen molar-refractivity contribution >= 4 is 0 Å². The fraction of sp³-hybridized carbons (Fsp3) is 0.375. The molecule has 0 unspecified atom stereocenters. The molecule has 1 heterocycles. The fourth-order valence-electron chi connectivity index (χ4n) is 5.41. The number of nitrogens with zero attached hydrogens (tertiary/aromatic N) is 1. The molecular formula is C32H36N2O6. The number of hydrogen-bond donors (Lipinski definition) is 2. The van der Waals surface area contributed by atoms with Gasteiger partial charge in [-0.05, 0) is 84.3 Å². The van der Waals surface area contributed by atoms with Gasteiger partial charge in [-0.25, -0.2) is 14.6 Å². The molecule has 1 aromatic heterocycles. The molecule has 4 aromatic rings. The average Bonchev–Trinajstić information content (AvgIpc) is 3.25. The summed E-state index contributed by atoms with van der Waals surface area (Å²) in [5.74, 6) is 0.754. The molecule has 1 aliphatic rings. The van der Waals surface area contributed by atoms with E-state index in [2.05, 4.69) is 43.1 Å². The van der Waals surface area contributed by atoms with Crippen molar-refractivity contribution in [2.75, 3.05) is 6.61 Å². The zero-order chi connectivity index (χ0) is 28.1. The minimum absolute atomic E-state index is 0.157. The van der Waals surface area contributed by atoms with E-state index in [4.69, 9.17) is 14.0 Å². The van der Waals surface area contributed by atoms with Crippen LogP contribution in [-0.4, -0.2) is 27.0 Å². The van der Waals surface area contributed by atoms with Crippen LogP contribution >= 0.6 is 0 Å². The molecule has 1 aliphatic carbocycles. The van der Waals surface area contributed by atoms with Gasteiger partial charge in [0.2, 0.25) is 0 Å². The molecule has 0 spiro atoms. The molecule has 2 N–H and O–H groups in total. The van der Waals surface area contributed by atoms with Crippen LogP contribution in [0.4, 0.5) is 0 Å². The van der Waals surface area contributed by atoms with Crippen molar-refractivity contribution in [3.63, 3.8) is 0 Å². The first kappa shape index (κ1) is 27.5. The lowest BCUT2D eigenvalue weighted by Gasteiger charge is -2.31. The van der Waals surface area contributed by atoms with E-state index in [1.807, 2.05) is 36.4 Å². The third kappa shape index (κ3) is 6.57. The highest BCUT2D eigenvalue weighted by Crippen LogP contribution is 2.33. The van der Waals surface area contributed by atoms with Crippen LogP contribution in [0.25, 0.3) is 11.1 Å². The molecular weight excluding hydrogens is 508 g/mol. The highest BCUT2D eigenvalue weighted by atomic mass is 16.5. The van der Waals surface area contributed by atoms with Crippen molar-refractivity contribution in [1.29, 1.82) is 0 Å². The molecule has 0 aliphatic heterocycles. The van der Waals surface area contributed by atoms with Crippen LogP contribution in [0.15, 0.2) is 74.8 Å². The van der Waals surface area contributed by atoms with Gasteiger partial charge in [-0.15, -0.1) is 4.74 Å². The molecule has 1 saturated carbocycles. The Morgan fingerprint density at radius 2 is 1.68 bits per heavy atom. The van der Waals surface area contributed by atoms with E-state index in [0.717, 1.165) is 69.6 Å². The maximum Gasteiger partial charge on any atom is 0.440 e. The van der Waals surface area contributed by atoms with Crippen molar-refractivity contribution in [2.24, 2.45) is 0 Å². The van der Waals surface area contributed by atoms with Crippen molar-refractivity contribution in [3.05, 3.63) is 104 Å². The highest BCUT2D eigenvalue weighted by molar-refractivity contribution is 5.72. The van der Waals surface area contributed by atoms with Crippen LogP contribution in [0.3, 0.4) is 0 Å². The summed E-state index contributed by atoms with van der Waals surface area (Å²) in [6, 6.07) is 19.7. The molecule has 0 bridgehead atoms. The SMILES string of the molecule is Cc1cc(OCCC2(O)CCCCC2)ccc1-c1cccc(COc2ccc(Cn3oc(=O)[nH]c3=O)cc2)c1C. The Bertz CT molecular complexity index is 1560. The predicted molar refractivity (Wildman–Crippen MR) is 153 cm³/mol. The number of aromatic nitrogens is 2. The zero-order valence-corrected chi connectivity index (χ0v) is 23.1. The van der Waals surface area contributed by atoms with Crippen molar-refractivity contribution in [1.82, 2.24) is 9.72 Å². The van der Waals surface area contributed by atoms with Crippen LogP contribution in [0, 0.1) is 13.8 Å². The molecule has 0 amide bonds. The Labute approximate surface area is 233 Å². The van der Waals surface area contributed by atoms with Gasteiger partial charge in [-0.1, -0.05) is 55.7 Å². The lowest BCUT2D eigenvalue weighted by atomic mass is 9.83. The second kappa shape index (κ2) is 12.0. The smallest absolute Gasteiger partial charge is 0.440 e. The summed E-state index contributed by atoms with van der Waals surface area (Å²) in [4.78, 5) is 24.9. The second-order valence-electron chi connectivity index (χ2n) is 10.7. The standard InChI is InChI=1S/C32H36N2O6/c1-22-19-27(38-18-17-32(37)15-4-3-5-16-32)13-14-28(22)29-8-6-7-25(23(29)2)21-39-26-11-9-24(10-12-26)20-34-30(35)33-31(36)40-34/h6-14,19,37H,3-5,15-18,20-21H2,1-2H3,(H,33,35,36). The largest absolute Gasteiger partial charge is 0.493 e. The summed E-state index contributed by atoms with van der Waals surface area (Å²) in [5.41, 5.74) is 5.32. The van der Waals surface area contributed by atoms with Crippen LogP contribution in [0.1, 0.15) is 60.8 Å². The van der Waals surface area contributed by atoms with Gasteiger partial charge in [0.25, 0.3) is 0 Å². The molecule has 5 rings (SSSR count). The lowest BCUT2D eigenvalue weighted by molar-refractivity contribution is -0.0135. The molecule has 40 heavy (non-hydrogen) atoms. The van der Waals surface area contributed by atoms with Gasteiger partial charge in [0.1, 0.15) is 18.1 Å². The predicted octanol–water partition coefficient (Wildman–Crippen LogP) is 5.50. The molecule has 8 heteroatoms. The lowest BCUT2D eigenvalue weighted by Crippen LogP contribution is -2.33. The molecule has 0 radical (unpaired) electrons. The number of nitrogens with one attached hydrogen (secondary N) is 1. The monoisotopic (exact) mass is 544 g/mol. The van der Waals surface area contributed by atoms with Gasteiger partial charge in [-0.3, -0.25) is 0 Å². The summed E-state index contributed by atoms with van der Waals surface area (Å²) in [7, 11) is 0. The van der Waals surface area contributed by atoms with E-state index < -0.39 is 17.0 Å². The second-order valence-corrected chi connectivity index (χ2v) is 10.7. The Balaban J connectivity index is 1.20. The molecule has 0 saturated heterocycles. The summed E-state index contributed by atoms with van der Waals surface area (Å²) < 4.78 is 17.9. The molecule has 3 aromatic carbocycles. The minimum atomic E-state index is -0.771. The number of benzene rings is 3. The maximum absolute atomic E-state index is 11.7. The van der Waals surface area contributed by atoms with Gasteiger partial charge in [-0.2, -0.15) is 0 Å². The van der Waals surface area contributed by atoms with E-state index in [1.54, 1.807) is 0 Å². The Kier molecular flexibility index (Phi) is 8.26. The van der Waals surface area contributed by atoms with Crippen LogP contribution in [0.2, 0.25) is 0 Å². The summed E-state index contributed by atoms with van der Waals surface area (Å²) in [6.07, 6.45) is 5.82. The molecule has 210 valence electrons. The van der Waals surface area contributed by atoms with Crippen LogP contribution in [-0.2, 0) is 13.2 Å². The normalized spacial score (nSPS) is 14.7. The van der Waals surface area contributed by atoms with Crippen molar-refractivity contribution in [2.45, 2.75) is 71.1 Å². The number of hydrogen-bond acceptors (Lipinski definition) is 6. The third-order valence-electron chi connectivity index (χ3n) is 7.83. The van der Waals surface area contributed by atoms with Gasteiger partial charge in [0.15, 0.2) is 0 Å². The fourth-order valence-corrected chi connectivity index (χ4v) is 5.41. The number of ether oxygens (including phenoxy) is 2. The molecule has 8 nitrogen and oxygen atoms in total. The minimum Gasteiger partial charge on any atom is -0.493 e. The number of rotatable bonds is 10. The van der Waals surface area contributed by atoms with Crippen molar-refractivity contribution in [3.8, 4) is 22.6 Å². The number of aryl methyl sites for hydroxylation is 1. The quantitative estimate of drug-likeness (QED) is 0.273. The Morgan fingerprint density at radius 1 is 0.925 bits per heavy atom. The average molecular weight is 545 g/mol. The Hall–Kier alpha value is -4.04. The van der Waals surface area contributed by atoms with Gasteiger partial charge in [0, 0.05) is 6.42 Å². The Morgan fingerprint density at radius 3 is 2.38 bits per heavy atom. The van der Waals surface area contributed by atoms with E-state index >= 15 is 0 Å². The first-order chi connectivity index (χ1) is 19.3. The van der Waals surface area contributed by atoms with Gasteiger partial charge >= 0.3 is 11.4 Å². The number of H-pyrrole nitrogens is 1. The third-order valence-corrected chi connectivity index (χ3v) is 7.83. The highest BCUT2D eigenvalue weighted by Gasteiger charge is 2.28. The zero-order valence-electron chi connectivity index (χ0n) is 23.1. The first-order valence-electron chi connectivity index (χ1n) is 13.9. The molecule has 0 atom stereocenters. The first-order valence-corrected chi connectivity index (χ1v) is 13.9. The number of aliphatic hydroxyl groups is 1. The number of aromatic amines is 1. The van der Waals surface area contributed by atoms with Gasteiger partial charge < -0.3 is 19.1 Å². The van der Waals surface area contributed by atoms with Crippen molar-refractivity contribution < 1.29 is 19.1 Å².